The molecule has 0 aliphatic carbocycles. The van der Waals surface area contributed by atoms with Gasteiger partial charge >= 0.3 is 0 Å². The minimum Gasteiger partial charge on any atom is -0.338 e. The van der Waals surface area contributed by atoms with Gasteiger partial charge in [-0.05, 0) is 51.8 Å². The molecule has 9 heteroatoms. The molecule has 1 fully saturated rings. The van der Waals surface area contributed by atoms with Crippen molar-refractivity contribution in [2.75, 3.05) is 31.9 Å². The average Bonchev–Trinajstić information content (AvgIpc) is 3.12. The van der Waals surface area contributed by atoms with E-state index in [-0.39, 0.29) is 16.6 Å². The van der Waals surface area contributed by atoms with Crippen LogP contribution in [0, 0.1) is 0 Å². The molecule has 0 N–H and O–H groups in total. The van der Waals surface area contributed by atoms with E-state index in [9.17, 15) is 13.2 Å². The predicted octanol–water partition coefficient (Wildman–Crippen LogP) is 3.75. The Kier molecular flexibility index (Phi) is 7.82. The minimum atomic E-state index is -3.51. The van der Waals surface area contributed by atoms with Crippen molar-refractivity contribution in [3.8, 4) is 0 Å². The topological polar surface area (TPSA) is 75.5 Å². The van der Waals surface area contributed by atoms with Crippen LogP contribution >= 0.6 is 11.8 Å². The van der Waals surface area contributed by atoms with Gasteiger partial charge in [0.25, 0.3) is 0 Å². The molecule has 0 unspecified atom stereocenters. The van der Waals surface area contributed by atoms with Crippen LogP contribution in [0.15, 0.2) is 40.4 Å². The fourth-order valence-electron chi connectivity index (χ4n) is 3.84. The summed E-state index contributed by atoms with van der Waals surface area (Å²) in [6.07, 6.45) is 2.88. The van der Waals surface area contributed by atoms with E-state index >= 15 is 0 Å². The van der Waals surface area contributed by atoms with Crippen molar-refractivity contribution in [1.82, 2.24) is 18.8 Å². The maximum atomic E-state index is 13.0. The third-order valence-corrected chi connectivity index (χ3v) is 8.33. The number of aromatic nitrogens is 2. The summed E-state index contributed by atoms with van der Waals surface area (Å²) in [6, 6.07) is 5.16. The number of aryl methyl sites for hydroxylation is 1. The number of hydrogen-bond acceptors (Lipinski definition) is 5. The van der Waals surface area contributed by atoms with E-state index < -0.39 is 10.0 Å². The number of imidazole rings is 1. The van der Waals surface area contributed by atoms with E-state index in [0.29, 0.717) is 38.2 Å². The van der Waals surface area contributed by atoms with Crippen molar-refractivity contribution in [1.29, 1.82) is 0 Å². The minimum absolute atomic E-state index is 0.0403. The molecule has 7 nitrogen and oxygen atoms in total. The highest BCUT2D eigenvalue weighted by Gasteiger charge is 2.27. The number of likely N-dealkylation sites (N-methyl/N-ethyl adjacent to an activating group) is 1. The predicted molar refractivity (Wildman–Crippen MR) is 126 cm³/mol. The van der Waals surface area contributed by atoms with Gasteiger partial charge in [-0.3, -0.25) is 4.79 Å². The summed E-state index contributed by atoms with van der Waals surface area (Å²) in [5.74, 6) is 0.321. The van der Waals surface area contributed by atoms with E-state index in [2.05, 4.69) is 11.6 Å². The summed E-state index contributed by atoms with van der Waals surface area (Å²) in [7, 11) is -3.51. The molecule has 2 aromatic rings. The molecule has 0 radical (unpaired) electrons. The zero-order valence-electron chi connectivity index (χ0n) is 18.6. The second-order valence-electron chi connectivity index (χ2n) is 7.91. The van der Waals surface area contributed by atoms with E-state index in [1.165, 1.54) is 11.8 Å². The van der Waals surface area contributed by atoms with Gasteiger partial charge in [0.15, 0.2) is 5.16 Å². The van der Waals surface area contributed by atoms with Gasteiger partial charge in [0, 0.05) is 32.7 Å². The summed E-state index contributed by atoms with van der Waals surface area (Å²) < 4.78 is 29.7. The second kappa shape index (κ2) is 10.2. The lowest BCUT2D eigenvalue weighted by Gasteiger charge is -2.25. The number of amides is 1. The largest absolute Gasteiger partial charge is 0.338 e. The van der Waals surface area contributed by atoms with Gasteiger partial charge in [0.2, 0.25) is 15.9 Å². The first-order chi connectivity index (χ1) is 14.8. The number of piperidine rings is 1. The normalized spacial score (nSPS) is 15.3. The van der Waals surface area contributed by atoms with Crippen molar-refractivity contribution in [3.05, 3.63) is 30.4 Å². The first-order valence-corrected chi connectivity index (χ1v) is 13.3. The number of rotatable bonds is 9. The second-order valence-corrected chi connectivity index (χ2v) is 10.8. The zero-order valence-corrected chi connectivity index (χ0v) is 20.3. The monoisotopic (exact) mass is 464 g/mol. The Labute approximate surface area is 189 Å². The van der Waals surface area contributed by atoms with E-state index in [0.717, 1.165) is 35.5 Å². The van der Waals surface area contributed by atoms with Gasteiger partial charge in [-0.1, -0.05) is 30.3 Å². The van der Waals surface area contributed by atoms with Gasteiger partial charge in [0.05, 0.1) is 21.7 Å². The third-order valence-electron chi connectivity index (χ3n) is 5.47. The average molecular weight is 465 g/mol. The number of fused-ring (bicyclic) bond motifs is 1. The summed E-state index contributed by atoms with van der Waals surface area (Å²) in [6.45, 7) is 12.8. The van der Waals surface area contributed by atoms with Gasteiger partial charge in [-0.15, -0.1) is 0 Å². The molecule has 1 amide bonds. The number of carbonyl (C=O) groups is 1. The first kappa shape index (κ1) is 23.8. The fraction of sp³-hybridized carbons (Fsp3) is 0.545. The number of hydrogen-bond donors (Lipinski definition) is 0. The number of benzene rings is 1. The molecule has 0 saturated carbocycles. The number of sulfonamides is 1. The molecule has 1 aromatic heterocycles. The molecule has 1 aliphatic heterocycles. The summed E-state index contributed by atoms with van der Waals surface area (Å²) in [5, 5.41) is 0.727. The van der Waals surface area contributed by atoms with Crippen LogP contribution in [0.3, 0.4) is 0 Å². The summed E-state index contributed by atoms with van der Waals surface area (Å²) >= 11 is 1.39. The van der Waals surface area contributed by atoms with Crippen molar-refractivity contribution >= 4 is 38.7 Å². The van der Waals surface area contributed by atoms with Crippen molar-refractivity contribution < 1.29 is 13.2 Å². The molecule has 3 rings (SSSR count). The number of nitrogens with zero attached hydrogens (tertiary/aromatic N) is 4. The fourth-order valence-corrected chi connectivity index (χ4v) is 6.36. The lowest BCUT2D eigenvalue weighted by Crippen LogP contribution is -2.35. The Morgan fingerprint density at radius 3 is 2.55 bits per heavy atom. The van der Waals surface area contributed by atoms with Crippen LogP contribution in [0.1, 0.15) is 40.0 Å². The molecule has 0 atom stereocenters. The van der Waals surface area contributed by atoms with Crippen LogP contribution in [0.5, 0.6) is 0 Å². The first-order valence-electron chi connectivity index (χ1n) is 10.8. The highest BCUT2D eigenvalue weighted by Crippen LogP contribution is 2.28. The highest BCUT2D eigenvalue weighted by atomic mass is 32.2. The lowest BCUT2D eigenvalue weighted by molar-refractivity contribution is -0.127. The lowest BCUT2D eigenvalue weighted by atomic mass is 10.2. The van der Waals surface area contributed by atoms with Gasteiger partial charge < -0.3 is 9.47 Å². The molecule has 170 valence electrons. The van der Waals surface area contributed by atoms with Crippen LogP contribution in [0.25, 0.3) is 11.0 Å². The molecule has 2 heterocycles. The van der Waals surface area contributed by atoms with E-state index in [4.69, 9.17) is 0 Å². The van der Waals surface area contributed by atoms with E-state index in [1.54, 1.807) is 21.3 Å². The van der Waals surface area contributed by atoms with Crippen molar-refractivity contribution in [2.24, 2.45) is 0 Å². The standard InChI is InChI=1S/C22H32N4O3S2/c1-5-24(15-17(3)4)21(27)16-30-22-23-19-14-18(10-11-20(19)26(22)6-2)31(28,29)25-12-8-7-9-13-25/h10-11,14H,3,5-9,12-13,15-16H2,1-2,4H3. The molecule has 0 bridgehead atoms. The van der Waals surface area contributed by atoms with Gasteiger partial charge in [0.1, 0.15) is 0 Å². The SMILES string of the molecule is C=C(C)CN(CC)C(=O)CSc1nc2cc(S(=O)(=O)N3CCCCC3)ccc2n1CC. The molecule has 1 saturated heterocycles. The van der Waals surface area contributed by atoms with Gasteiger partial charge in [-0.25, -0.2) is 13.4 Å². The third kappa shape index (κ3) is 5.32. The zero-order chi connectivity index (χ0) is 22.6. The quantitative estimate of drug-likeness (QED) is 0.417. The number of carbonyl (C=O) groups excluding carboxylic acids is 1. The molecule has 1 aromatic carbocycles. The smallest absolute Gasteiger partial charge is 0.243 e. The molecule has 31 heavy (non-hydrogen) atoms. The molecule has 1 aliphatic rings. The van der Waals surface area contributed by atoms with Crippen LogP contribution in [-0.4, -0.2) is 65.0 Å². The molecular formula is C22H32N4O3S2. The van der Waals surface area contributed by atoms with Crippen LogP contribution in [0.4, 0.5) is 0 Å². The van der Waals surface area contributed by atoms with E-state index in [1.807, 2.05) is 31.4 Å². The maximum absolute atomic E-state index is 13.0. The maximum Gasteiger partial charge on any atom is 0.243 e. The Hall–Kier alpha value is -1.84. The van der Waals surface area contributed by atoms with Crippen LogP contribution < -0.4 is 0 Å². The summed E-state index contributed by atoms with van der Waals surface area (Å²) in [4.78, 5) is 19.3. The Bertz CT molecular complexity index is 1060. The summed E-state index contributed by atoms with van der Waals surface area (Å²) in [5.41, 5.74) is 2.47. The molecule has 0 spiro atoms. The Morgan fingerprint density at radius 2 is 1.94 bits per heavy atom. The Morgan fingerprint density at radius 1 is 1.23 bits per heavy atom. The Balaban J connectivity index is 1.83. The van der Waals surface area contributed by atoms with Crippen LogP contribution in [-0.2, 0) is 21.4 Å². The molecular weight excluding hydrogens is 432 g/mol. The van der Waals surface area contributed by atoms with Gasteiger partial charge in [-0.2, -0.15) is 4.31 Å². The van der Waals surface area contributed by atoms with Crippen molar-refractivity contribution in [3.63, 3.8) is 0 Å². The van der Waals surface area contributed by atoms with Crippen molar-refractivity contribution in [2.45, 2.75) is 56.6 Å². The number of thioether (sulfide) groups is 1. The highest BCUT2D eigenvalue weighted by molar-refractivity contribution is 7.99. The van der Waals surface area contributed by atoms with Crippen LogP contribution in [0.2, 0.25) is 0 Å².